The fourth-order valence-electron chi connectivity index (χ4n) is 5.48. The van der Waals surface area contributed by atoms with Crippen molar-refractivity contribution >= 4 is 23.4 Å². The molecule has 1 heterocycles. The second-order valence-electron chi connectivity index (χ2n) is 8.33. The number of rotatable bonds is 4. The molecule has 1 aliphatic heterocycles. The highest BCUT2D eigenvalue weighted by atomic mass is 19.4. The van der Waals surface area contributed by atoms with E-state index in [-0.39, 0.29) is 17.5 Å². The molecular weight excluding hydrogens is 401 g/mol. The van der Waals surface area contributed by atoms with Crippen molar-refractivity contribution in [1.82, 2.24) is 4.90 Å². The van der Waals surface area contributed by atoms with E-state index >= 15 is 0 Å². The Morgan fingerprint density at radius 1 is 1.07 bits per heavy atom. The quantitative estimate of drug-likeness (QED) is 0.555. The van der Waals surface area contributed by atoms with E-state index in [0.717, 1.165) is 11.3 Å². The monoisotopic (exact) mass is 420 g/mol. The molecule has 6 atom stereocenters. The third kappa shape index (κ3) is 2.67. The average molecular weight is 420 g/mol. The number of anilines is 1. The lowest BCUT2D eigenvalue weighted by molar-refractivity contribution is -0.171. The van der Waals surface area contributed by atoms with Gasteiger partial charge in [-0.15, -0.1) is 0 Å². The maximum absolute atomic E-state index is 13.3. The lowest BCUT2D eigenvalue weighted by atomic mass is 9.63. The summed E-state index contributed by atoms with van der Waals surface area (Å²) in [6, 6.07) is 5.41. The van der Waals surface area contributed by atoms with E-state index < -0.39 is 42.4 Å². The Hall–Kier alpha value is -2.84. The van der Waals surface area contributed by atoms with Crippen molar-refractivity contribution < 1.29 is 32.3 Å². The number of allylic oxidation sites excluding steroid dienone is 2. The third-order valence-corrected chi connectivity index (χ3v) is 6.91. The van der Waals surface area contributed by atoms with Crippen molar-refractivity contribution in [2.24, 2.45) is 35.5 Å². The largest absolute Gasteiger partial charge is 0.497 e. The van der Waals surface area contributed by atoms with Gasteiger partial charge in [-0.1, -0.05) is 12.2 Å². The summed E-state index contributed by atoms with van der Waals surface area (Å²) in [5.41, 5.74) is -0.0717. The predicted octanol–water partition coefficient (Wildman–Crippen LogP) is 2.60. The van der Waals surface area contributed by atoms with Gasteiger partial charge in [0.2, 0.25) is 11.8 Å². The summed E-state index contributed by atoms with van der Waals surface area (Å²) in [6.45, 7) is -0.760. The Labute approximate surface area is 170 Å². The number of benzene rings is 1. The highest BCUT2D eigenvalue weighted by molar-refractivity contribution is 6.07. The minimum Gasteiger partial charge on any atom is -0.497 e. The second kappa shape index (κ2) is 6.33. The number of ether oxygens (including phenoxy) is 1. The van der Waals surface area contributed by atoms with Gasteiger partial charge in [0.05, 0.1) is 18.9 Å². The van der Waals surface area contributed by atoms with Crippen molar-refractivity contribution in [1.29, 1.82) is 0 Å². The molecule has 1 saturated heterocycles. The highest BCUT2D eigenvalue weighted by Gasteiger charge is 2.67. The van der Waals surface area contributed by atoms with E-state index in [1.54, 1.807) is 0 Å². The number of carbonyl (C=O) groups excluding carboxylic acids is 3. The first kappa shape index (κ1) is 19.1. The van der Waals surface area contributed by atoms with Crippen molar-refractivity contribution in [2.75, 3.05) is 18.7 Å². The number of halogens is 3. The summed E-state index contributed by atoms with van der Waals surface area (Å²) < 4.78 is 44.8. The first-order valence-corrected chi connectivity index (χ1v) is 9.78. The van der Waals surface area contributed by atoms with E-state index in [4.69, 9.17) is 4.74 Å². The molecule has 158 valence electrons. The molecule has 6 rings (SSSR count). The zero-order chi connectivity index (χ0) is 21.4. The predicted molar refractivity (Wildman–Crippen MR) is 98.0 cm³/mol. The molecule has 0 N–H and O–H groups in total. The summed E-state index contributed by atoms with van der Waals surface area (Å²) >= 11 is 0. The van der Waals surface area contributed by atoms with Crippen LogP contribution in [0.5, 0.6) is 5.75 Å². The van der Waals surface area contributed by atoms with Gasteiger partial charge in [-0.05, 0) is 54.4 Å². The van der Waals surface area contributed by atoms with Crippen LogP contribution in [0.1, 0.15) is 6.42 Å². The number of amides is 3. The average Bonchev–Trinajstić information content (AvgIpc) is 3.51. The molecule has 0 radical (unpaired) electrons. The fraction of sp³-hybridized carbons (Fsp3) is 0.476. The van der Waals surface area contributed by atoms with Crippen LogP contribution < -0.4 is 9.64 Å². The van der Waals surface area contributed by atoms with Crippen molar-refractivity contribution in [3.8, 4) is 5.75 Å². The number of carbonyl (C=O) groups is 3. The Morgan fingerprint density at radius 2 is 1.60 bits per heavy atom. The topological polar surface area (TPSA) is 66.9 Å². The molecule has 1 aromatic rings. The molecule has 2 bridgehead atoms. The third-order valence-electron chi connectivity index (χ3n) is 6.91. The fourth-order valence-corrected chi connectivity index (χ4v) is 5.48. The number of imide groups is 1. The molecule has 2 saturated carbocycles. The minimum absolute atomic E-state index is 0.0424. The molecule has 3 fully saturated rings. The Morgan fingerprint density at radius 3 is 2.07 bits per heavy atom. The van der Waals surface area contributed by atoms with Crippen LogP contribution in [-0.4, -0.2) is 42.6 Å². The second-order valence-corrected chi connectivity index (χ2v) is 8.33. The zero-order valence-electron chi connectivity index (χ0n) is 16.0. The number of nitrogens with zero attached hydrogens (tertiary/aromatic N) is 2. The molecule has 0 aromatic heterocycles. The molecule has 1 aromatic carbocycles. The zero-order valence-corrected chi connectivity index (χ0v) is 16.0. The molecule has 6 unspecified atom stereocenters. The van der Waals surface area contributed by atoms with E-state index in [0.29, 0.717) is 22.5 Å². The van der Waals surface area contributed by atoms with Gasteiger partial charge < -0.3 is 4.74 Å². The summed E-state index contributed by atoms with van der Waals surface area (Å²) in [6.07, 6.45) is -0.200. The number of likely N-dealkylation sites (tertiary alicyclic amines) is 1. The maximum atomic E-state index is 13.3. The molecule has 0 spiro atoms. The van der Waals surface area contributed by atoms with Crippen LogP contribution in [0.25, 0.3) is 0 Å². The number of methoxy groups -OCH3 is 1. The normalized spacial score (nSPS) is 33.4. The summed E-state index contributed by atoms with van der Waals surface area (Å²) in [4.78, 5) is 39.6. The summed E-state index contributed by atoms with van der Waals surface area (Å²) in [5.74, 6) is -3.08. The molecule has 30 heavy (non-hydrogen) atoms. The smallest absolute Gasteiger partial charge is 0.471 e. The maximum Gasteiger partial charge on any atom is 0.471 e. The van der Waals surface area contributed by atoms with Gasteiger partial charge in [-0.3, -0.25) is 24.2 Å². The first-order valence-electron chi connectivity index (χ1n) is 9.78. The number of hydrogen-bond acceptors (Lipinski definition) is 4. The van der Waals surface area contributed by atoms with Gasteiger partial charge in [0.25, 0.3) is 0 Å². The Balaban J connectivity index is 1.45. The number of alkyl halides is 3. The van der Waals surface area contributed by atoms with Crippen molar-refractivity contribution in [3.05, 3.63) is 36.4 Å². The molecule has 9 heteroatoms. The molecule has 4 aliphatic carbocycles. The lowest BCUT2D eigenvalue weighted by Crippen LogP contribution is -2.49. The van der Waals surface area contributed by atoms with Gasteiger partial charge in [0.1, 0.15) is 12.4 Å². The Bertz CT molecular complexity index is 922. The van der Waals surface area contributed by atoms with Gasteiger partial charge in [-0.25, -0.2) is 0 Å². The minimum atomic E-state index is -5.15. The van der Waals surface area contributed by atoms with Gasteiger partial charge in [-0.2, -0.15) is 13.2 Å². The van der Waals surface area contributed by atoms with Crippen molar-refractivity contribution in [2.45, 2.75) is 12.6 Å². The van der Waals surface area contributed by atoms with E-state index in [1.165, 1.54) is 31.4 Å². The standard InChI is InChI=1S/C21H19F3N2O4/c1-30-11-4-2-10(3-5-11)25(20(29)21(22,23)24)9-26-18(27)16-12-6-7-13(15-8-14(12)15)17(16)19(26)28/h2-7,12-17H,8-9H2,1H3. The Kier molecular flexibility index (Phi) is 4.04. The first-order chi connectivity index (χ1) is 14.2. The molecule has 3 amide bonds. The van der Waals surface area contributed by atoms with Crippen molar-refractivity contribution in [3.63, 3.8) is 0 Å². The van der Waals surface area contributed by atoms with Crippen LogP contribution in [0.3, 0.4) is 0 Å². The summed E-state index contributed by atoms with van der Waals surface area (Å²) in [5, 5.41) is 0. The molecule has 6 nitrogen and oxygen atoms in total. The summed E-state index contributed by atoms with van der Waals surface area (Å²) in [7, 11) is 1.41. The van der Waals surface area contributed by atoms with Crippen LogP contribution in [0.2, 0.25) is 0 Å². The van der Waals surface area contributed by atoms with Gasteiger partial charge in [0, 0.05) is 5.69 Å². The van der Waals surface area contributed by atoms with Crippen LogP contribution >= 0.6 is 0 Å². The van der Waals surface area contributed by atoms with Gasteiger partial charge in [0.15, 0.2) is 0 Å². The molecule has 5 aliphatic rings. The number of hydrogen-bond donors (Lipinski definition) is 0. The lowest BCUT2D eigenvalue weighted by Gasteiger charge is -2.37. The molecular formula is C21H19F3N2O4. The SMILES string of the molecule is COc1ccc(N(CN2C(=O)C3C4C=CC(C5CC45)C3C2=O)C(=O)C(F)(F)F)cc1. The van der Waals surface area contributed by atoms with E-state index in [2.05, 4.69) is 0 Å². The highest BCUT2D eigenvalue weighted by Crippen LogP contribution is 2.65. The van der Waals surface area contributed by atoms with E-state index in [1.807, 2.05) is 12.2 Å². The van der Waals surface area contributed by atoms with Crippen LogP contribution in [0, 0.1) is 35.5 Å². The van der Waals surface area contributed by atoms with E-state index in [9.17, 15) is 27.6 Å². The van der Waals surface area contributed by atoms with Crippen LogP contribution in [0.4, 0.5) is 18.9 Å². The van der Waals surface area contributed by atoms with Gasteiger partial charge >= 0.3 is 12.1 Å². The van der Waals surface area contributed by atoms with Crippen LogP contribution in [0.15, 0.2) is 36.4 Å². The van der Waals surface area contributed by atoms with Crippen LogP contribution in [-0.2, 0) is 14.4 Å².